The Morgan fingerprint density at radius 3 is 2.74 bits per heavy atom. The van der Waals surface area contributed by atoms with E-state index in [2.05, 4.69) is 28.1 Å². The molecule has 1 amide bonds. The van der Waals surface area contributed by atoms with Crippen molar-refractivity contribution >= 4 is 23.4 Å². The number of hydrogen-bond acceptors (Lipinski definition) is 6. The lowest BCUT2D eigenvalue weighted by atomic mass is 9.98. The summed E-state index contributed by atoms with van der Waals surface area (Å²) in [5.41, 5.74) is 3.00. The van der Waals surface area contributed by atoms with Crippen LogP contribution in [-0.2, 0) is 0 Å². The molecule has 6 nitrogen and oxygen atoms in total. The Morgan fingerprint density at radius 1 is 1.22 bits per heavy atom. The van der Waals surface area contributed by atoms with Gasteiger partial charge in [-0.15, -0.1) is 4.91 Å². The van der Waals surface area contributed by atoms with Gasteiger partial charge in [0.1, 0.15) is 0 Å². The number of amides is 1. The van der Waals surface area contributed by atoms with Crippen molar-refractivity contribution in [2.75, 3.05) is 11.9 Å². The lowest BCUT2D eigenvalue weighted by Crippen LogP contribution is -2.38. The highest BCUT2D eigenvalue weighted by Gasteiger charge is 2.22. The number of rotatable bonds is 8. The van der Waals surface area contributed by atoms with Crippen LogP contribution in [0.3, 0.4) is 0 Å². The number of thioether (sulfide) groups is 1. The number of benzene rings is 2. The SMILES string of the molecule is CCCCNc1ccc(C(=O)NC2NC=C(N=O)S2)c(-c2ccccc2)c1. The van der Waals surface area contributed by atoms with E-state index in [-0.39, 0.29) is 5.91 Å². The van der Waals surface area contributed by atoms with Gasteiger partial charge in [-0.3, -0.25) is 4.79 Å². The summed E-state index contributed by atoms with van der Waals surface area (Å²) < 4.78 is 0. The molecule has 1 aliphatic heterocycles. The fourth-order valence-corrected chi connectivity index (χ4v) is 3.49. The summed E-state index contributed by atoms with van der Waals surface area (Å²) >= 11 is 1.18. The van der Waals surface area contributed by atoms with E-state index in [1.807, 2.05) is 48.5 Å². The highest BCUT2D eigenvalue weighted by molar-refractivity contribution is 8.03. The maximum atomic E-state index is 12.8. The zero-order valence-corrected chi connectivity index (χ0v) is 15.9. The number of nitroso groups, excluding NO2 is 1. The molecule has 0 bridgehead atoms. The normalized spacial score (nSPS) is 15.6. The highest BCUT2D eigenvalue weighted by atomic mass is 32.2. The number of nitrogens with one attached hydrogen (secondary N) is 3. The van der Waals surface area contributed by atoms with Crippen LogP contribution in [0, 0.1) is 4.91 Å². The Morgan fingerprint density at radius 2 is 2.04 bits per heavy atom. The molecule has 0 spiro atoms. The summed E-state index contributed by atoms with van der Waals surface area (Å²) in [5, 5.41) is 12.4. The molecule has 0 aromatic heterocycles. The summed E-state index contributed by atoms with van der Waals surface area (Å²) in [7, 11) is 0. The highest BCUT2D eigenvalue weighted by Crippen LogP contribution is 2.29. The van der Waals surface area contributed by atoms with Gasteiger partial charge in [0.05, 0.1) is 0 Å². The lowest BCUT2D eigenvalue weighted by Gasteiger charge is -2.16. The van der Waals surface area contributed by atoms with Crippen molar-refractivity contribution in [1.29, 1.82) is 0 Å². The Labute approximate surface area is 162 Å². The first-order valence-corrected chi connectivity index (χ1v) is 9.79. The molecule has 140 valence electrons. The summed E-state index contributed by atoms with van der Waals surface area (Å²) in [6, 6.07) is 15.6. The van der Waals surface area contributed by atoms with Crippen LogP contribution < -0.4 is 16.0 Å². The third-order valence-corrected chi connectivity index (χ3v) is 5.08. The first kappa shape index (κ1) is 19.0. The number of nitrogens with zero attached hydrogens (tertiary/aromatic N) is 1. The molecule has 7 heteroatoms. The monoisotopic (exact) mass is 382 g/mol. The van der Waals surface area contributed by atoms with Gasteiger partial charge in [-0.2, -0.15) is 0 Å². The molecule has 3 N–H and O–H groups in total. The Kier molecular flexibility index (Phi) is 6.49. The van der Waals surface area contributed by atoms with Crippen LogP contribution in [-0.4, -0.2) is 17.9 Å². The minimum Gasteiger partial charge on any atom is -0.385 e. The fraction of sp³-hybridized carbons (Fsp3) is 0.250. The second-order valence-corrected chi connectivity index (χ2v) is 7.24. The molecule has 27 heavy (non-hydrogen) atoms. The Bertz CT molecular complexity index is 839. The average molecular weight is 382 g/mol. The lowest BCUT2D eigenvalue weighted by molar-refractivity contribution is 0.0948. The topological polar surface area (TPSA) is 82.6 Å². The predicted octanol–water partition coefficient (Wildman–Crippen LogP) is 4.48. The Balaban J connectivity index is 1.82. The summed E-state index contributed by atoms with van der Waals surface area (Å²) in [6.45, 7) is 3.05. The average Bonchev–Trinajstić information content (AvgIpc) is 3.16. The molecule has 1 unspecified atom stereocenters. The van der Waals surface area contributed by atoms with Crippen molar-refractivity contribution in [2.24, 2.45) is 5.18 Å². The number of unbranched alkanes of at least 4 members (excludes halogenated alkanes) is 1. The van der Waals surface area contributed by atoms with Crippen LogP contribution in [0.1, 0.15) is 30.1 Å². The zero-order valence-electron chi connectivity index (χ0n) is 15.1. The molecule has 0 saturated heterocycles. The molecule has 3 rings (SSSR count). The molecule has 1 atom stereocenters. The summed E-state index contributed by atoms with van der Waals surface area (Å²) in [4.78, 5) is 23.4. The van der Waals surface area contributed by atoms with Gasteiger partial charge in [-0.1, -0.05) is 55.4 Å². The van der Waals surface area contributed by atoms with Crippen molar-refractivity contribution in [1.82, 2.24) is 10.6 Å². The van der Waals surface area contributed by atoms with Crippen LogP contribution in [0.5, 0.6) is 0 Å². The number of carbonyl (C=O) groups is 1. The van der Waals surface area contributed by atoms with Crippen molar-refractivity contribution in [3.8, 4) is 11.1 Å². The van der Waals surface area contributed by atoms with Gasteiger partial charge in [0, 0.05) is 24.0 Å². The van der Waals surface area contributed by atoms with Gasteiger partial charge in [0.25, 0.3) is 5.91 Å². The fourth-order valence-electron chi connectivity index (χ4n) is 2.77. The van der Waals surface area contributed by atoms with E-state index >= 15 is 0 Å². The maximum Gasteiger partial charge on any atom is 0.254 e. The molecule has 0 radical (unpaired) electrons. The van der Waals surface area contributed by atoms with Crippen LogP contribution in [0.25, 0.3) is 11.1 Å². The molecule has 1 aliphatic rings. The van der Waals surface area contributed by atoms with Crippen LogP contribution in [0.15, 0.2) is 64.9 Å². The van der Waals surface area contributed by atoms with Gasteiger partial charge in [0.2, 0.25) is 0 Å². The molecule has 1 heterocycles. The van der Waals surface area contributed by atoms with Gasteiger partial charge in [-0.05, 0) is 40.9 Å². The number of hydrogen-bond donors (Lipinski definition) is 3. The van der Waals surface area contributed by atoms with E-state index in [1.54, 1.807) is 0 Å². The first-order valence-electron chi connectivity index (χ1n) is 8.91. The van der Waals surface area contributed by atoms with Crippen molar-refractivity contribution in [3.05, 3.63) is 70.2 Å². The van der Waals surface area contributed by atoms with E-state index in [9.17, 15) is 9.70 Å². The zero-order chi connectivity index (χ0) is 19.1. The largest absolute Gasteiger partial charge is 0.385 e. The number of carbonyl (C=O) groups excluding carboxylic acids is 1. The van der Waals surface area contributed by atoms with Crippen molar-refractivity contribution in [3.63, 3.8) is 0 Å². The molecular weight excluding hydrogens is 360 g/mol. The van der Waals surface area contributed by atoms with Crippen LogP contribution >= 0.6 is 11.8 Å². The second kappa shape index (κ2) is 9.23. The molecule has 0 fully saturated rings. The smallest absolute Gasteiger partial charge is 0.254 e. The third-order valence-electron chi connectivity index (χ3n) is 4.16. The minimum atomic E-state index is -0.406. The quantitative estimate of drug-likeness (QED) is 0.463. The van der Waals surface area contributed by atoms with Gasteiger partial charge in [0.15, 0.2) is 10.5 Å². The summed E-state index contributed by atoms with van der Waals surface area (Å²) in [5.74, 6) is -0.209. The third kappa shape index (κ3) is 4.89. The van der Waals surface area contributed by atoms with E-state index in [0.29, 0.717) is 10.6 Å². The molecule has 0 aliphatic carbocycles. The number of anilines is 1. The van der Waals surface area contributed by atoms with E-state index < -0.39 is 5.50 Å². The molecule has 0 saturated carbocycles. The van der Waals surface area contributed by atoms with Gasteiger partial charge >= 0.3 is 0 Å². The van der Waals surface area contributed by atoms with E-state index in [4.69, 9.17) is 0 Å². The summed E-state index contributed by atoms with van der Waals surface area (Å²) in [6.07, 6.45) is 3.71. The van der Waals surface area contributed by atoms with E-state index in [0.717, 1.165) is 36.2 Å². The van der Waals surface area contributed by atoms with E-state index in [1.165, 1.54) is 18.0 Å². The molecule has 2 aromatic carbocycles. The molecule has 2 aromatic rings. The minimum absolute atomic E-state index is 0.209. The molecular formula is C20H22N4O2S. The maximum absolute atomic E-state index is 12.8. The van der Waals surface area contributed by atoms with Crippen LogP contribution in [0.2, 0.25) is 0 Å². The first-order chi connectivity index (χ1) is 13.2. The van der Waals surface area contributed by atoms with Crippen molar-refractivity contribution < 1.29 is 4.79 Å². The van der Waals surface area contributed by atoms with Crippen LogP contribution in [0.4, 0.5) is 5.69 Å². The Hall–Kier alpha value is -2.80. The van der Waals surface area contributed by atoms with Crippen molar-refractivity contribution in [2.45, 2.75) is 25.3 Å². The second-order valence-electron chi connectivity index (χ2n) is 6.12. The van der Waals surface area contributed by atoms with Gasteiger partial charge < -0.3 is 16.0 Å². The predicted molar refractivity (Wildman–Crippen MR) is 111 cm³/mol. The van der Waals surface area contributed by atoms with Gasteiger partial charge in [-0.25, -0.2) is 0 Å². The standard InChI is InChI=1S/C20H22N4O2S/c1-2-3-11-21-15-9-10-16(17(12-15)14-7-5-4-6-8-14)19(25)23-20-22-13-18(24-26)27-20/h4-10,12-13,20-22H,2-3,11H2,1H3,(H,23,25).